The van der Waals surface area contributed by atoms with Gasteiger partial charge in [0.1, 0.15) is 5.76 Å². The van der Waals surface area contributed by atoms with Crippen LogP contribution < -0.4 is 0 Å². The molecular formula is C16H22O2. The molecule has 1 N–H and O–H groups in total. The Morgan fingerprint density at radius 3 is 2.78 bits per heavy atom. The molecule has 0 saturated heterocycles. The quantitative estimate of drug-likeness (QED) is 0.768. The molecule has 1 aromatic heterocycles. The molecule has 1 aliphatic rings. The standard InChI is InChI=1S/C16H22O2/c1-11-4-5-15-13(3)10-18-16(15)8-12(2)7-14(6-11)9-17/h4,7,10,14,17H,5-6,8-9H2,1-3H3/b11-4+,12-7+. The minimum Gasteiger partial charge on any atom is -0.468 e. The number of hydrogen-bond donors (Lipinski definition) is 1. The first kappa shape index (κ1) is 13.2. The van der Waals surface area contributed by atoms with Crippen molar-refractivity contribution in [3.8, 4) is 0 Å². The van der Waals surface area contributed by atoms with Gasteiger partial charge in [-0.15, -0.1) is 0 Å². The highest BCUT2D eigenvalue weighted by Gasteiger charge is 2.14. The maximum atomic E-state index is 9.41. The third-order valence-corrected chi connectivity index (χ3v) is 3.62. The molecule has 0 aromatic carbocycles. The normalized spacial score (nSPS) is 26.8. The molecule has 0 spiro atoms. The molecule has 1 atom stereocenters. The van der Waals surface area contributed by atoms with Crippen molar-refractivity contribution in [3.05, 3.63) is 46.4 Å². The fourth-order valence-electron chi connectivity index (χ4n) is 2.61. The molecule has 98 valence electrons. The average Bonchev–Trinajstić information content (AvgIpc) is 2.66. The Kier molecular flexibility index (Phi) is 4.07. The Morgan fingerprint density at radius 2 is 2.06 bits per heavy atom. The maximum Gasteiger partial charge on any atom is 0.111 e. The smallest absolute Gasteiger partial charge is 0.111 e. The first-order valence-electron chi connectivity index (χ1n) is 6.59. The lowest BCUT2D eigenvalue weighted by Crippen LogP contribution is -2.06. The third kappa shape index (κ3) is 2.94. The second-order valence-corrected chi connectivity index (χ2v) is 5.41. The van der Waals surface area contributed by atoms with Crippen LogP contribution in [0, 0.1) is 12.8 Å². The molecule has 1 aliphatic carbocycles. The summed E-state index contributed by atoms with van der Waals surface area (Å²) in [7, 11) is 0. The van der Waals surface area contributed by atoms with E-state index in [0.29, 0.717) is 0 Å². The summed E-state index contributed by atoms with van der Waals surface area (Å²) in [5.41, 5.74) is 5.18. The zero-order valence-electron chi connectivity index (χ0n) is 11.5. The molecule has 2 heteroatoms. The van der Waals surface area contributed by atoms with Gasteiger partial charge in [0.15, 0.2) is 0 Å². The highest BCUT2D eigenvalue weighted by Crippen LogP contribution is 2.25. The van der Waals surface area contributed by atoms with Crippen molar-refractivity contribution in [1.29, 1.82) is 0 Å². The minimum atomic E-state index is 0.215. The maximum absolute atomic E-state index is 9.41. The lowest BCUT2D eigenvalue weighted by Gasteiger charge is -2.14. The summed E-state index contributed by atoms with van der Waals surface area (Å²) < 4.78 is 5.66. The van der Waals surface area contributed by atoms with Crippen molar-refractivity contribution >= 4 is 0 Å². The molecule has 18 heavy (non-hydrogen) atoms. The van der Waals surface area contributed by atoms with Crippen molar-refractivity contribution in [2.24, 2.45) is 5.92 Å². The van der Waals surface area contributed by atoms with Gasteiger partial charge < -0.3 is 9.52 Å². The molecular weight excluding hydrogens is 224 g/mol. The summed E-state index contributed by atoms with van der Waals surface area (Å²) in [6.45, 7) is 6.58. The van der Waals surface area contributed by atoms with Gasteiger partial charge in [0.2, 0.25) is 0 Å². The van der Waals surface area contributed by atoms with Crippen LogP contribution in [0.25, 0.3) is 0 Å². The molecule has 0 aliphatic heterocycles. The Bertz CT molecular complexity index is 477. The summed E-state index contributed by atoms with van der Waals surface area (Å²) >= 11 is 0. The van der Waals surface area contributed by atoms with Gasteiger partial charge in [-0.1, -0.05) is 23.3 Å². The minimum absolute atomic E-state index is 0.215. The predicted octanol–water partition coefficient (Wildman–Crippen LogP) is 3.58. The van der Waals surface area contributed by atoms with E-state index in [9.17, 15) is 5.11 Å². The van der Waals surface area contributed by atoms with Crippen molar-refractivity contribution in [2.45, 2.75) is 40.0 Å². The zero-order valence-corrected chi connectivity index (χ0v) is 11.5. The Balaban J connectivity index is 2.37. The monoisotopic (exact) mass is 246 g/mol. The summed E-state index contributed by atoms with van der Waals surface area (Å²) in [5.74, 6) is 1.31. The van der Waals surface area contributed by atoms with Gasteiger partial charge in [-0.2, -0.15) is 0 Å². The van der Waals surface area contributed by atoms with E-state index < -0.39 is 0 Å². The zero-order chi connectivity index (χ0) is 13.1. The Morgan fingerprint density at radius 1 is 1.28 bits per heavy atom. The van der Waals surface area contributed by atoms with E-state index in [1.807, 2.05) is 6.26 Å². The van der Waals surface area contributed by atoms with Crippen LogP contribution in [-0.2, 0) is 12.8 Å². The highest BCUT2D eigenvalue weighted by atomic mass is 16.3. The van der Waals surface area contributed by atoms with Gasteiger partial charge in [0, 0.05) is 24.5 Å². The number of hydrogen-bond acceptors (Lipinski definition) is 2. The van der Waals surface area contributed by atoms with E-state index in [4.69, 9.17) is 4.42 Å². The summed E-state index contributed by atoms with van der Waals surface area (Å²) in [5, 5.41) is 9.41. The molecule has 2 rings (SSSR count). The molecule has 0 bridgehead atoms. The number of allylic oxidation sites excluding steroid dienone is 3. The summed E-state index contributed by atoms with van der Waals surface area (Å²) in [6.07, 6.45) is 9.03. The second kappa shape index (κ2) is 5.57. The fraction of sp³-hybridized carbons (Fsp3) is 0.500. The number of rotatable bonds is 1. The van der Waals surface area contributed by atoms with Crippen molar-refractivity contribution in [3.63, 3.8) is 0 Å². The fourth-order valence-corrected chi connectivity index (χ4v) is 2.61. The van der Waals surface area contributed by atoms with Gasteiger partial charge in [-0.3, -0.25) is 0 Å². The molecule has 1 unspecified atom stereocenters. The van der Waals surface area contributed by atoms with Gasteiger partial charge in [-0.25, -0.2) is 0 Å². The molecule has 2 nitrogen and oxygen atoms in total. The van der Waals surface area contributed by atoms with Gasteiger partial charge >= 0.3 is 0 Å². The lowest BCUT2D eigenvalue weighted by atomic mass is 9.93. The Hall–Kier alpha value is -1.28. The molecule has 0 amide bonds. The van der Waals surface area contributed by atoms with Crippen LogP contribution in [0.4, 0.5) is 0 Å². The highest BCUT2D eigenvalue weighted by molar-refractivity contribution is 5.32. The van der Waals surface area contributed by atoms with E-state index in [-0.39, 0.29) is 12.5 Å². The molecule has 0 radical (unpaired) electrons. The Labute approximate surface area is 109 Å². The van der Waals surface area contributed by atoms with E-state index in [2.05, 4.69) is 32.9 Å². The lowest BCUT2D eigenvalue weighted by molar-refractivity contribution is 0.251. The summed E-state index contributed by atoms with van der Waals surface area (Å²) in [6, 6.07) is 0. The van der Waals surface area contributed by atoms with Gasteiger partial charge in [-0.05, 0) is 39.2 Å². The SMILES string of the molecule is C/C1=C\C(CO)C/C(C)=C/Cc2c(C)coc2C1. The molecule has 0 saturated carbocycles. The van der Waals surface area contributed by atoms with Crippen molar-refractivity contribution < 1.29 is 9.52 Å². The first-order chi connectivity index (χ1) is 8.60. The van der Waals surface area contributed by atoms with Crippen LogP contribution in [0.3, 0.4) is 0 Å². The second-order valence-electron chi connectivity index (χ2n) is 5.41. The van der Waals surface area contributed by atoms with Crippen molar-refractivity contribution in [1.82, 2.24) is 0 Å². The molecule has 0 fully saturated rings. The van der Waals surface area contributed by atoms with E-state index in [1.54, 1.807) is 0 Å². The van der Waals surface area contributed by atoms with E-state index in [1.165, 1.54) is 22.3 Å². The number of fused-ring (bicyclic) bond motifs is 1. The van der Waals surface area contributed by atoms with Crippen molar-refractivity contribution in [2.75, 3.05) is 6.61 Å². The predicted molar refractivity (Wildman–Crippen MR) is 73.6 cm³/mol. The van der Waals surface area contributed by atoms with Crippen LogP contribution in [0.15, 0.2) is 34.0 Å². The summed E-state index contributed by atoms with van der Waals surface area (Å²) in [4.78, 5) is 0. The third-order valence-electron chi connectivity index (χ3n) is 3.62. The average molecular weight is 246 g/mol. The van der Waals surface area contributed by atoms with Gasteiger partial charge in [0.05, 0.1) is 6.26 Å². The largest absolute Gasteiger partial charge is 0.468 e. The van der Waals surface area contributed by atoms with Crippen LogP contribution in [0.2, 0.25) is 0 Å². The number of aliphatic hydroxyl groups is 1. The van der Waals surface area contributed by atoms with Crippen LogP contribution >= 0.6 is 0 Å². The van der Waals surface area contributed by atoms with E-state index in [0.717, 1.165) is 25.0 Å². The molecule has 1 aromatic rings. The number of furan rings is 1. The molecule has 1 heterocycles. The van der Waals surface area contributed by atoms with E-state index >= 15 is 0 Å². The number of aryl methyl sites for hydroxylation is 1. The van der Waals surface area contributed by atoms with Crippen LogP contribution in [-0.4, -0.2) is 11.7 Å². The topological polar surface area (TPSA) is 33.4 Å². The number of aliphatic hydroxyl groups excluding tert-OH is 1. The first-order valence-corrected chi connectivity index (χ1v) is 6.59. The van der Waals surface area contributed by atoms with Gasteiger partial charge in [0.25, 0.3) is 0 Å². The van der Waals surface area contributed by atoms with Crippen LogP contribution in [0.5, 0.6) is 0 Å². The van der Waals surface area contributed by atoms with Crippen LogP contribution in [0.1, 0.15) is 37.2 Å².